The average Bonchev–Trinajstić information content (AvgIpc) is 2.21. The predicted molar refractivity (Wildman–Crippen MR) is 50.1 cm³/mol. The molecule has 0 spiro atoms. The maximum atomic E-state index is 4.28. The molecule has 0 radical (unpaired) electrons. The number of thioether (sulfide) groups is 1. The number of rotatable bonds is 1. The van der Waals surface area contributed by atoms with Crippen molar-refractivity contribution in [1.82, 2.24) is 15.3 Å². The molecule has 1 unspecified atom stereocenters. The molecule has 0 aromatic carbocycles. The van der Waals surface area contributed by atoms with E-state index in [0.29, 0.717) is 5.25 Å². The first-order chi connectivity index (χ1) is 5.97. The number of nitrogens with zero attached hydrogens (tertiary/aromatic N) is 2. The van der Waals surface area contributed by atoms with Crippen LogP contribution >= 0.6 is 11.8 Å². The van der Waals surface area contributed by atoms with E-state index in [-0.39, 0.29) is 0 Å². The Morgan fingerprint density at radius 2 is 2.50 bits per heavy atom. The van der Waals surface area contributed by atoms with Gasteiger partial charge in [-0.05, 0) is 0 Å². The lowest BCUT2D eigenvalue weighted by molar-refractivity contribution is 0.678. The minimum atomic E-state index is 0.493. The van der Waals surface area contributed by atoms with Crippen LogP contribution in [0.5, 0.6) is 0 Å². The van der Waals surface area contributed by atoms with Crippen molar-refractivity contribution >= 4 is 11.8 Å². The molecule has 1 N–H and O–H groups in total. The van der Waals surface area contributed by atoms with Crippen LogP contribution in [0.4, 0.5) is 0 Å². The Balaban J connectivity index is 2.08. The lowest BCUT2D eigenvalue weighted by Gasteiger charge is -2.21. The zero-order valence-corrected chi connectivity index (χ0v) is 7.55. The molecule has 0 amide bonds. The molecule has 1 aliphatic rings. The van der Waals surface area contributed by atoms with Gasteiger partial charge in [0.15, 0.2) is 0 Å². The van der Waals surface area contributed by atoms with Crippen molar-refractivity contribution in [2.24, 2.45) is 0 Å². The van der Waals surface area contributed by atoms with Gasteiger partial charge in [0.05, 0.1) is 10.9 Å². The molecule has 2 heterocycles. The smallest absolute Gasteiger partial charge is 0.0729 e. The number of hydrogen-bond donors (Lipinski definition) is 1. The van der Waals surface area contributed by atoms with Crippen LogP contribution in [0.1, 0.15) is 10.9 Å². The van der Waals surface area contributed by atoms with Crippen LogP contribution in [0.2, 0.25) is 0 Å². The fraction of sp³-hybridized carbons (Fsp3) is 0.500. The van der Waals surface area contributed by atoms with E-state index >= 15 is 0 Å². The van der Waals surface area contributed by atoms with Crippen molar-refractivity contribution in [2.75, 3.05) is 18.8 Å². The van der Waals surface area contributed by atoms with Crippen LogP contribution in [-0.4, -0.2) is 28.8 Å². The Hall–Kier alpha value is -0.610. The molecule has 1 fully saturated rings. The topological polar surface area (TPSA) is 37.8 Å². The van der Waals surface area contributed by atoms with Gasteiger partial charge in [0.25, 0.3) is 0 Å². The van der Waals surface area contributed by atoms with Gasteiger partial charge in [0, 0.05) is 37.4 Å². The van der Waals surface area contributed by atoms with Crippen LogP contribution in [0.3, 0.4) is 0 Å². The monoisotopic (exact) mass is 181 g/mol. The van der Waals surface area contributed by atoms with Crippen molar-refractivity contribution in [3.05, 3.63) is 24.3 Å². The molecule has 64 valence electrons. The first-order valence-corrected chi connectivity index (χ1v) is 5.10. The van der Waals surface area contributed by atoms with Crippen molar-refractivity contribution in [3.8, 4) is 0 Å². The van der Waals surface area contributed by atoms with Crippen molar-refractivity contribution in [1.29, 1.82) is 0 Å². The van der Waals surface area contributed by atoms with E-state index in [2.05, 4.69) is 15.3 Å². The minimum absolute atomic E-state index is 0.493. The fourth-order valence-corrected chi connectivity index (χ4v) is 2.31. The summed E-state index contributed by atoms with van der Waals surface area (Å²) in [6.07, 6.45) is 5.32. The molecule has 0 saturated carbocycles. The summed E-state index contributed by atoms with van der Waals surface area (Å²) in [4.78, 5) is 8.34. The van der Waals surface area contributed by atoms with Gasteiger partial charge >= 0.3 is 0 Å². The molecule has 0 aliphatic carbocycles. The largest absolute Gasteiger partial charge is 0.314 e. The van der Waals surface area contributed by atoms with E-state index in [0.717, 1.165) is 18.8 Å². The van der Waals surface area contributed by atoms with Gasteiger partial charge in [-0.15, -0.1) is 11.8 Å². The van der Waals surface area contributed by atoms with Crippen LogP contribution in [0, 0.1) is 0 Å². The van der Waals surface area contributed by atoms with Gasteiger partial charge in [0.2, 0.25) is 0 Å². The predicted octanol–water partition coefficient (Wildman–Crippen LogP) is 0.854. The van der Waals surface area contributed by atoms with Gasteiger partial charge < -0.3 is 5.32 Å². The first kappa shape index (κ1) is 8.01. The second-order valence-corrected chi connectivity index (χ2v) is 4.00. The summed E-state index contributed by atoms with van der Waals surface area (Å²) < 4.78 is 0. The summed E-state index contributed by atoms with van der Waals surface area (Å²) in [5.41, 5.74) is 1.09. The average molecular weight is 181 g/mol. The van der Waals surface area contributed by atoms with E-state index < -0.39 is 0 Å². The normalized spacial score (nSPS) is 23.8. The molecule has 1 aliphatic heterocycles. The molecule has 1 aromatic heterocycles. The molecule has 2 rings (SSSR count). The number of hydrogen-bond acceptors (Lipinski definition) is 4. The Kier molecular flexibility index (Phi) is 2.58. The number of aromatic nitrogens is 2. The van der Waals surface area contributed by atoms with Crippen molar-refractivity contribution in [2.45, 2.75) is 5.25 Å². The van der Waals surface area contributed by atoms with Crippen LogP contribution < -0.4 is 5.32 Å². The molecule has 1 atom stereocenters. The SMILES string of the molecule is c1cnc(C2CNCCS2)cn1. The molecule has 0 bridgehead atoms. The highest BCUT2D eigenvalue weighted by atomic mass is 32.2. The van der Waals surface area contributed by atoms with E-state index in [1.54, 1.807) is 12.4 Å². The maximum Gasteiger partial charge on any atom is 0.0729 e. The van der Waals surface area contributed by atoms with Crippen molar-refractivity contribution in [3.63, 3.8) is 0 Å². The van der Waals surface area contributed by atoms with E-state index in [1.807, 2.05) is 18.0 Å². The summed E-state index contributed by atoms with van der Waals surface area (Å²) in [5.74, 6) is 1.17. The van der Waals surface area contributed by atoms with Gasteiger partial charge in [0.1, 0.15) is 0 Å². The molecule has 1 saturated heterocycles. The Bertz CT molecular complexity index is 233. The standard InChI is InChI=1S/C8H11N3S/c1-2-11-7(5-9-1)8-6-10-3-4-12-8/h1-2,5,8,10H,3-4,6H2. The molecule has 3 nitrogen and oxygen atoms in total. The van der Waals surface area contributed by atoms with Gasteiger partial charge in [-0.2, -0.15) is 0 Å². The van der Waals surface area contributed by atoms with Crippen LogP contribution in [-0.2, 0) is 0 Å². The minimum Gasteiger partial charge on any atom is -0.314 e. The van der Waals surface area contributed by atoms with Crippen molar-refractivity contribution < 1.29 is 0 Å². The highest BCUT2D eigenvalue weighted by Crippen LogP contribution is 2.27. The Labute approximate surface area is 76.0 Å². The zero-order chi connectivity index (χ0) is 8.23. The van der Waals surface area contributed by atoms with Crippen LogP contribution in [0.15, 0.2) is 18.6 Å². The third-order valence-corrected chi connectivity index (χ3v) is 3.09. The summed E-state index contributed by atoms with van der Waals surface area (Å²) in [5, 5.41) is 3.84. The maximum absolute atomic E-state index is 4.28. The Morgan fingerprint density at radius 1 is 1.50 bits per heavy atom. The lowest BCUT2D eigenvalue weighted by Crippen LogP contribution is -2.28. The lowest BCUT2D eigenvalue weighted by atomic mass is 10.3. The first-order valence-electron chi connectivity index (χ1n) is 4.05. The molecule has 1 aromatic rings. The summed E-state index contributed by atoms with van der Waals surface area (Å²) in [6, 6.07) is 0. The van der Waals surface area contributed by atoms with Crippen LogP contribution in [0.25, 0.3) is 0 Å². The highest BCUT2D eigenvalue weighted by molar-refractivity contribution is 7.99. The van der Waals surface area contributed by atoms with E-state index in [4.69, 9.17) is 0 Å². The summed E-state index contributed by atoms with van der Waals surface area (Å²) in [6.45, 7) is 2.13. The molecule has 12 heavy (non-hydrogen) atoms. The molecule has 4 heteroatoms. The summed E-state index contributed by atoms with van der Waals surface area (Å²) in [7, 11) is 0. The Morgan fingerprint density at radius 3 is 3.17 bits per heavy atom. The van der Waals surface area contributed by atoms with E-state index in [1.165, 1.54) is 5.75 Å². The number of nitrogens with one attached hydrogen (secondary N) is 1. The highest BCUT2D eigenvalue weighted by Gasteiger charge is 2.16. The quantitative estimate of drug-likeness (QED) is 0.697. The summed E-state index contributed by atoms with van der Waals surface area (Å²) >= 11 is 1.95. The van der Waals surface area contributed by atoms with Gasteiger partial charge in [-0.1, -0.05) is 0 Å². The third-order valence-electron chi connectivity index (χ3n) is 1.84. The molecular weight excluding hydrogens is 170 g/mol. The second kappa shape index (κ2) is 3.87. The van der Waals surface area contributed by atoms with Gasteiger partial charge in [-0.3, -0.25) is 9.97 Å². The van der Waals surface area contributed by atoms with Gasteiger partial charge in [-0.25, -0.2) is 0 Å². The fourth-order valence-electron chi connectivity index (χ4n) is 1.23. The van der Waals surface area contributed by atoms with E-state index in [9.17, 15) is 0 Å². The molecular formula is C8H11N3S. The zero-order valence-electron chi connectivity index (χ0n) is 6.73. The second-order valence-electron chi connectivity index (χ2n) is 2.69. The third kappa shape index (κ3) is 1.76.